The fraction of sp³-hybridized carbons (Fsp3) is 0.486. The number of carbonyl (C=O) groups excluding carboxylic acids is 1. The Morgan fingerprint density at radius 3 is 2.35 bits per heavy atom. The zero-order chi connectivity index (χ0) is 34.0. The van der Waals surface area contributed by atoms with Crippen LogP contribution in [0.1, 0.15) is 73.3 Å². The predicted molar refractivity (Wildman–Crippen MR) is 188 cm³/mol. The van der Waals surface area contributed by atoms with Gasteiger partial charge in [-0.1, -0.05) is 30.3 Å². The Morgan fingerprint density at radius 1 is 0.939 bits per heavy atom. The molecule has 1 atom stereocenters. The molecule has 0 unspecified atom stereocenters. The van der Waals surface area contributed by atoms with Crippen LogP contribution in [0.15, 0.2) is 77.7 Å². The van der Waals surface area contributed by atoms with E-state index in [1.807, 2.05) is 12.1 Å². The molecular formula is C37H45N5O6S. The number of piperidine rings is 1. The summed E-state index contributed by atoms with van der Waals surface area (Å²) in [5.74, 6) is -0.470. The SMILES string of the molecule is O=C(NS(=O)(=O)c1ccc(NCC2CCOCC2)c([N+](=O)[O-])c1)c1ccc(N2CCC3(CC2)CC(N2CCC[C@H]2c2ccccc2)C3)cc1. The Balaban J connectivity index is 0.921. The lowest BCUT2D eigenvalue weighted by Crippen LogP contribution is -2.54. The fourth-order valence-corrected chi connectivity index (χ4v) is 9.32. The number of likely N-dealkylation sites (tertiary alicyclic amines) is 1. The van der Waals surface area contributed by atoms with Gasteiger partial charge in [-0.25, -0.2) is 13.1 Å². The van der Waals surface area contributed by atoms with Crippen molar-refractivity contribution in [3.63, 3.8) is 0 Å². The largest absolute Gasteiger partial charge is 0.381 e. The van der Waals surface area contributed by atoms with Crippen molar-refractivity contribution in [3.05, 3.63) is 94.0 Å². The molecule has 12 heteroatoms. The van der Waals surface area contributed by atoms with Crippen LogP contribution in [0.3, 0.4) is 0 Å². The summed E-state index contributed by atoms with van der Waals surface area (Å²) in [6.45, 7) is 4.93. The van der Waals surface area contributed by atoms with Gasteiger partial charge < -0.3 is 15.0 Å². The number of anilines is 2. The van der Waals surface area contributed by atoms with Gasteiger partial charge >= 0.3 is 0 Å². The van der Waals surface area contributed by atoms with Crippen molar-refractivity contribution in [1.82, 2.24) is 9.62 Å². The summed E-state index contributed by atoms with van der Waals surface area (Å²) in [4.78, 5) is 28.9. The van der Waals surface area contributed by atoms with E-state index in [2.05, 4.69) is 50.2 Å². The van der Waals surface area contributed by atoms with Gasteiger partial charge in [0.05, 0.1) is 9.82 Å². The number of nitro groups is 1. The number of rotatable bonds is 10. The molecule has 1 spiro atoms. The first-order valence-corrected chi connectivity index (χ1v) is 19.0. The molecule has 3 aromatic rings. The lowest BCUT2D eigenvalue weighted by Gasteiger charge is -2.56. The first-order valence-electron chi connectivity index (χ1n) is 17.5. The van der Waals surface area contributed by atoms with Gasteiger partial charge in [-0.3, -0.25) is 19.8 Å². The molecule has 260 valence electrons. The molecule has 3 heterocycles. The van der Waals surface area contributed by atoms with E-state index in [4.69, 9.17) is 4.74 Å². The number of sulfonamides is 1. The molecule has 7 rings (SSSR count). The van der Waals surface area contributed by atoms with Crippen molar-refractivity contribution in [2.24, 2.45) is 11.3 Å². The van der Waals surface area contributed by atoms with Crippen LogP contribution in [0.25, 0.3) is 0 Å². The molecular weight excluding hydrogens is 643 g/mol. The molecule has 2 N–H and O–H groups in total. The van der Waals surface area contributed by atoms with Crippen LogP contribution < -0.4 is 14.9 Å². The topological polar surface area (TPSA) is 134 Å². The average Bonchev–Trinajstić information content (AvgIpc) is 3.60. The van der Waals surface area contributed by atoms with Gasteiger partial charge in [0.15, 0.2) is 0 Å². The van der Waals surface area contributed by atoms with Gasteiger partial charge in [-0.2, -0.15) is 0 Å². The Morgan fingerprint density at radius 2 is 1.65 bits per heavy atom. The first-order chi connectivity index (χ1) is 23.7. The number of carbonyl (C=O) groups is 1. The Kier molecular flexibility index (Phi) is 9.63. The number of nitrogens with one attached hydrogen (secondary N) is 2. The molecule has 4 aliphatic rings. The molecule has 49 heavy (non-hydrogen) atoms. The molecule has 0 bridgehead atoms. The summed E-state index contributed by atoms with van der Waals surface area (Å²) >= 11 is 0. The molecule has 3 aromatic carbocycles. The van der Waals surface area contributed by atoms with Crippen molar-refractivity contribution in [2.45, 2.75) is 68.3 Å². The molecule has 0 aromatic heterocycles. The maximum absolute atomic E-state index is 13.1. The minimum absolute atomic E-state index is 0.200. The molecule has 3 aliphatic heterocycles. The maximum atomic E-state index is 13.1. The summed E-state index contributed by atoms with van der Waals surface area (Å²) in [7, 11) is -4.35. The van der Waals surface area contributed by atoms with E-state index in [-0.39, 0.29) is 21.8 Å². The Labute approximate surface area is 288 Å². The molecule has 0 radical (unpaired) electrons. The van der Waals surface area contributed by atoms with Crippen LogP contribution in [0, 0.1) is 21.4 Å². The van der Waals surface area contributed by atoms with Gasteiger partial charge in [-0.15, -0.1) is 0 Å². The van der Waals surface area contributed by atoms with Gasteiger partial charge in [0.1, 0.15) is 5.69 Å². The van der Waals surface area contributed by atoms with Crippen LogP contribution >= 0.6 is 0 Å². The van der Waals surface area contributed by atoms with E-state index in [9.17, 15) is 23.3 Å². The standard InChI is InChI=1S/C37H45N5O6S/c43-36(39-49(46,47)32-12-13-33(35(23-32)42(44)45)38-26-27-14-21-48-22-15-27)29-8-10-30(11-9-29)40-19-16-37(17-20-40)24-31(25-37)41-18-4-7-34(41)28-5-2-1-3-6-28/h1-3,5-6,8-13,23,27,31,34,38H,4,7,14-22,24-26H2,(H,39,43)/t34-/m0/s1. The highest BCUT2D eigenvalue weighted by atomic mass is 32.2. The predicted octanol–water partition coefficient (Wildman–Crippen LogP) is 6.14. The summed E-state index contributed by atoms with van der Waals surface area (Å²) in [6, 6.07) is 22.8. The second-order valence-electron chi connectivity index (χ2n) is 14.2. The van der Waals surface area contributed by atoms with Crippen LogP contribution in [0.4, 0.5) is 17.1 Å². The van der Waals surface area contributed by atoms with Crippen molar-refractivity contribution in [3.8, 4) is 0 Å². The van der Waals surface area contributed by atoms with E-state index < -0.39 is 20.9 Å². The van der Waals surface area contributed by atoms with Crippen LogP contribution in [-0.2, 0) is 14.8 Å². The number of benzene rings is 3. The molecule has 1 saturated carbocycles. The quantitative estimate of drug-likeness (QED) is 0.191. The van der Waals surface area contributed by atoms with Crippen LogP contribution in [0.5, 0.6) is 0 Å². The maximum Gasteiger partial charge on any atom is 0.293 e. The molecule has 11 nitrogen and oxygen atoms in total. The number of amides is 1. The van der Waals surface area contributed by atoms with Gasteiger partial charge in [-0.05, 0) is 111 Å². The third-order valence-corrected chi connectivity index (χ3v) is 12.6. The normalized spacial score (nSPS) is 21.7. The molecule has 1 amide bonds. The lowest BCUT2D eigenvalue weighted by atomic mass is 9.60. The number of hydrogen-bond donors (Lipinski definition) is 2. The number of nitro benzene ring substituents is 1. The summed E-state index contributed by atoms with van der Waals surface area (Å²) in [5, 5.41) is 14.9. The van der Waals surface area contributed by atoms with E-state index in [1.54, 1.807) is 12.1 Å². The van der Waals surface area contributed by atoms with Crippen molar-refractivity contribution >= 4 is 33.0 Å². The van der Waals surface area contributed by atoms with Crippen molar-refractivity contribution < 1.29 is 22.9 Å². The van der Waals surface area contributed by atoms with E-state index in [0.29, 0.717) is 43.2 Å². The highest BCUT2D eigenvalue weighted by Crippen LogP contribution is 2.53. The zero-order valence-corrected chi connectivity index (χ0v) is 28.6. The number of ether oxygens (including phenoxy) is 1. The van der Waals surface area contributed by atoms with Crippen molar-refractivity contribution in [1.29, 1.82) is 0 Å². The Hall–Kier alpha value is -4.00. The fourth-order valence-electron chi connectivity index (χ4n) is 8.33. The number of nitrogens with zero attached hydrogens (tertiary/aromatic N) is 3. The highest BCUT2D eigenvalue weighted by molar-refractivity contribution is 7.90. The third-order valence-electron chi connectivity index (χ3n) is 11.2. The van der Waals surface area contributed by atoms with Gasteiger partial charge in [0, 0.05) is 62.2 Å². The molecule has 3 saturated heterocycles. The smallest absolute Gasteiger partial charge is 0.293 e. The van der Waals surface area contributed by atoms with Gasteiger partial charge in [0.25, 0.3) is 21.6 Å². The van der Waals surface area contributed by atoms with E-state index >= 15 is 0 Å². The summed E-state index contributed by atoms with van der Waals surface area (Å²) < 4.78 is 33.7. The minimum atomic E-state index is -4.35. The van der Waals surface area contributed by atoms with Crippen molar-refractivity contribution in [2.75, 3.05) is 49.6 Å². The molecule has 4 fully saturated rings. The molecule has 1 aliphatic carbocycles. The second-order valence-corrected chi connectivity index (χ2v) is 15.9. The summed E-state index contributed by atoms with van der Waals surface area (Å²) in [6.07, 6.45) is 9.02. The highest BCUT2D eigenvalue weighted by Gasteiger charge is 2.49. The first kappa shape index (κ1) is 33.5. The minimum Gasteiger partial charge on any atom is -0.381 e. The number of hydrogen-bond acceptors (Lipinski definition) is 9. The van der Waals surface area contributed by atoms with Gasteiger partial charge in [0.2, 0.25) is 0 Å². The lowest BCUT2D eigenvalue weighted by molar-refractivity contribution is -0.384. The average molecular weight is 688 g/mol. The van der Waals surface area contributed by atoms with E-state index in [0.717, 1.165) is 50.5 Å². The summed E-state index contributed by atoms with van der Waals surface area (Å²) in [5.41, 5.74) is 2.94. The van der Waals surface area contributed by atoms with Crippen LogP contribution in [0.2, 0.25) is 0 Å². The Bertz CT molecular complexity index is 1750. The van der Waals surface area contributed by atoms with Crippen LogP contribution in [-0.4, -0.2) is 69.6 Å². The second kappa shape index (κ2) is 14.1. The zero-order valence-electron chi connectivity index (χ0n) is 27.8. The monoisotopic (exact) mass is 687 g/mol. The van der Waals surface area contributed by atoms with E-state index in [1.165, 1.54) is 49.9 Å². The third kappa shape index (κ3) is 7.32.